The zero-order chi connectivity index (χ0) is 62.4. The number of likely N-dealkylation sites (tertiary alicyclic amines) is 1. The van der Waals surface area contributed by atoms with E-state index in [9.17, 15) is 4.79 Å². The fourth-order valence-corrected chi connectivity index (χ4v) is 8.81. The molecular formula is C61H69Cl4N15O9. The van der Waals surface area contributed by atoms with Crippen LogP contribution in [0.3, 0.4) is 0 Å². The van der Waals surface area contributed by atoms with E-state index in [0.29, 0.717) is 104 Å². The van der Waals surface area contributed by atoms with E-state index >= 15 is 0 Å². The number of tetrazole rings is 2. The Morgan fingerprint density at radius 1 is 0.517 bits per heavy atom. The van der Waals surface area contributed by atoms with Gasteiger partial charge in [-0.05, 0) is 159 Å². The molecule has 0 amide bonds. The first-order chi connectivity index (χ1) is 43.6. The molecule has 1 saturated heterocycles. The lowest BCUT2D eigenvalue weighted by molar-refractivity contribution is 0.111. The summed E-state index contributed by atoms with van der Waals surface area (Å²) in [7, 11) is 3.42. The van der Waals surface area contributed by atoms with Gasteiger partial charge >= 0.3 is 0 Å². The molecule has 4 aromatic carbocycles. The van der Waals surface area contributed by atoms with Crippen molar-refractivity contribution in [2.75, 3.05) is 67.8 Å². The van der Waals surface area contributed by atoms with Gasteiger partial charge in [-0.15, -0.1) is 56.6 Å². The monoisotopic (exact) mass is 1300 g/mol. The molecule has 89 heavy (non-hydrogen) atoms. The van der Waals surface area contributed by atoms with Crippen molar-refractivity contribution < 1.29 is 41.4 Å². The lowest BCUT2D eigenvalue weighted by Crippen LogP contribution is -2.28. The highest BCUT2D eigenvalue weighted by Crippen LogP contribution is 2.27. The van der Waals surface area contributed by atoms with Crippen LogP contribution in [0.5, 0.6) is 23.0 Å². The normalized spacial score (nSPS) is 12.6. The number of aromatic nitrogens is 12. The SMILES string of the molecule is CC1CCCN1CCCOc1ccc(-c2nc(CNc3nnn(C)n3)co2)cc1.ClCCCOc1ccc(-c2nc(CCl)co2)cc1.Cn1nnc(NCc2coc(-c3ccc(OCCCCl)cc3)n2)n1.O=Cc1coc(-c2ccc(OCCCCl)cc2)n1. The molecule has 0 bridgehead atoms. The molecule has 1 fully saturated rings. The minimum absolute atomic E-state index is 0.285. The Balaban J connectivity index is 0.000000157. The second kappa shape index (κ2) is 36.1. The number of rotatable bonds is 29. The molecule has 10 aromatic rings. The Morgan fingerprint density at radius 3 is 1.21 bits per heavy atom. The quantitative estimate of drug-likeness (QED) is 0.0250. The second-order valence-corrected chi connectivity index (χ2v) is 21.1. The number of aryl methyl sites for hydroxylation is 2. The van der Waals surface area contributed by atoms with Gasteiger partial charge < -0.3 is 52.1 Å². The summed E-state index contributed by atoms with van der Waals surface area (Å²) in [4.78, 5) is 33.0. The summed E-state index contributed by atoms with van der Waals surface area (Å²) in [6, 6.07) is 31.0. The van der Waals surface area contributed by atoms with E-state index < -0.39 is 0 Å². The molecule has 0 saturated carbocycles. The first-order valence-electron chi connectivity index (χ1n) is 28.7. The molecule has 11 rings (SSSR count). The topological polar surface area (TPSA) is 273 Å². The molecule has 24 nitrogen and oxygen atoms in total. The molecular weight excluding hydrogens is 1230 g/mol. The highest BCUT2D eigenvalue weighted by Gasteiger charge is 2.19. The average molecular weight is 1300 g/mol. The minimum atomic E-state index is 0.285. The van der Waals surface area contributed by atoms with E-state index in [2.05, 4.69) is 73.2 Å². The number of hydrogen-bond donors (Lipinski definition) is 2. The molecule has 0 spiro atoms. The summed E-state index contributed by atoms with van der Waals surface area (Å²) in [6.07, 6.45) is 12.9. The van der Waals surface area contributed by atoms with Crippen molar-refractivity contribution in [1.82, 2.24) is 65.3 Å². The molecule has 1 aliphatic rings. The number of ether oxygens (including phenoxy) is 4. The van der Waals surface area contributed by atoms with Crippen LogP contribution in [0.1, 0.15) is 73.0 Å². The molecule has 1 aliphatic heterocycles. The first-order valence-corrected chi connectivity index (χ1v) is 30.8. The van der Waals surface area contributed by atoms with Gasteiger partial charge in [0.15, 0.2) is 6.29 Å². The standard InChI is InChI=1S/C20H27N7O2.C15H17ClN6O2.C13H13Cl2NO2.C13H12ClNO3/c1-15-5-3-10-27(15)11-4-12-28-18-8-6-16(7-9-18)19-22-17(14-29-19)13-21-20-23-25-26(2)24-20;1-22-20-15(19-21-22)17-9-12-10-24-14(18-12)11-3-5-13(6-4-11)23-8-2-7-16;14-6-1-7-17-12-4-2-10(3-5-12)13-16-11(8-15)9-18-13;14-6-1-7-17-12-4-2-10(3-5-12)13-15-11(8-16)9-18-13/h6-9,14-15H,3-5,10-13H2,1-2H3,(H,21,24);3-6,10H,2,7-9H2,1H3,(H,17,20);2-5,9H,1,6-8H2;2-5,8-9H,1,6-7H2. The number of nitrogens with one attached hydrogen (secondary N) is 2. The van der Waals surface area contributed by atoms with E-state index in [1.807, 2.05) is 97.1 Å². The third-order valence-corrected chi connectivity index (χ3v) is 14.0. The number of halogens is 4. The predicted octanol–water partition coefficient (Wildman–Crippen LogP) is 12.5. The van der Waals surface area contributed by atoms with Gasteiger partial charge in [0.2, 0.25) is 23.6 Å². The lowest BCUT2D eigenvalue weighted by atomic mass is 10.2. The highest BCUT2D eigenvalue weighted by molar-refractivity contribution is 6.18. The Morgan fingerprint density at radius 2 is 0.888 bits per heavy atom. The molecule has 28 heteroatoms. The molecule has 7 heterocycles. The Bertz CT molecular complexity index is 3600. The molecule has 0 radical (unpaired) electrons. The summed E-state index contributed by atoms with van der Waals surface area (Å²) in [5.74, 6) is 8.39. The van der Waals surface area contributed by atoms with Crippen LogP contribution in [0.4, 0.5) is 11.9 Å². The number of aldehydes is 1. The van der Waals surface area contributed by atoms with Crippen LogP contribution in [0.25, 0.3) is 45.8 Å². The van der Waals surface area contributed by atoms with Gasteiger partial charge in [0, 0.05) is 52.5 Å². The maximum Gasteiger partial charge on any atom is 0.263 e. The zero-order valence-electron chi connectivity index (χ0n) is 49.4. The van der Waals surface area contributed by atoms with Crippen molar-refractivity contribution >= 4 is 64.6 Å². The van der Waals surface area contributed by atoms with E-state index in [1.54, 1.807) is 32.9 Å². The highest BCUT2D eigenvalue weighted by atomic mass is 35.5. The molecule has 0 aliphatic carbocycles. The van der Waals surface area contributed by atoms with Gasteiger partial charge in [0.1, 0.15) is 53.7 Å². The van der Waals surface area contributed by atoms with E-state index in [-0.39, 0.29) is 5.69 Å². The number of oxazole rings is 4. The lowest BCUT2D eigenvalue weighted by Gasteiger charge is -2.20. The van der Waals surface area contributed by atoms with Crippen LogP contribution in [-0.4, -0.2) is 135 Å². The predicted molar refractivity (Wildman–Crippen MR) is 338 cm³/mol. The largest absolute Gasteiger partial charge is 0.494 e. The average Bonchev–Trinajstić information content (AvgIpc) is 3.81. The minimum Gasteiger partial charge on any atom is -0.494 e. The third kappa shape index (κ3) is 21.9. The van der Waals surface area contributed by atoms with Crippen molar-refractivity contribution in [3.8, 4) is 68.8 Å². The van der Waals surface area contributed by atoms with Crippen LogP contribution < -0.4 is 29.6 Å². The Labute approximate surface area is 534 Å². The van der Waals surface area contributed by atoms with Crippen LogP contribution in [-0.2, 0) is 33.1 Å². The summed E-state index contributed by atoms with van der Waals surface area (Å²) < 4.78 is 44.0. The van der Waals surface area contributed by atoms with Gasteiger partial charge in [-0.3, -0.25) is 4.79 Å². The van der Waals surface area contributed by atoms with Gasteiger partial charge in [-0.2, -0.15) is 9.59 Å². The first kappa shape index (κ1) is 66.4. The maximum absolute atomic E-state index is 10.5. The van der Waals surface area contributed by atoms with Crippen LogP contribution in [0.15, 0.2) is 140 Å². The number of carbonyl (C=O) groups excluding carboxylic acids is 1. The van der Waals surface area contributed by atoms with Crippen LogP contribution >= 0.6 is 46.4 Å². The summed E-state index contributed by atoms with van der Waals surface area (Å²) >= 11 is 22.4. The van der Waals surface area contributed by atoms with E-state index in [4.69, 9.17) is 83.0 Å². The van der Waals surface area contributed by atoms with Crippen LogP contribution in [0, 0.1) is 0 Å². The number of alkyl halides is 4. The summed E-state index contributed by atoms with van der Waals surface area (Å²) in [5.41, 5.74) is 6.02. The van der Waals surface area contributed by atoms with Crippen molar-refractivity contribution in [2.45, 2.75) is 70.5 Å². The molecule has 2 N–H and O–H groups in total. The molecule has 6 aromatic heterocycles. The van der Waals surface area contributed by atoms with Gasteiger partial charge in [0.25, 0.3) is 11.9 Å². The Kier molecular flexibility index (Phi) is 26.9. The fourth-order valence-electron chi connectivity index (χ4n) is 8.36. The number of nitrogens with zero attached hydrogens (tertiary/aromatic N) is 13. The van der Waals surface area contributed by atoms with Crippen molar-refractivity contribution in [1.29, 1.82) is 0 Å². The second-order valence-electron chi connectivity index (χ2n) is 19.7. The van der Waals surface area contributed by atoms with Crippen molar-refractivity contribution in [3.63, 3.8) is 0 Å². The summed E-state index contributed by atoms with van der Waals surface area (Å²) in [6.45, 7) is 8.11. The molecule has 1 unspecified atom stereocenters. The Hall–Kier alpha value is -8.55. The number of carbonyl (C=O) groups is 1. The maximum atomic E-state index is 10.5. The smallest absolute Gasteiger partial charge is 0.263 e. The molecule has 1 atom stereocenters. The summed E-state index contributed by atoms with van der Waals surface area (Å²) in [5, 5.41) is 29.4. The fraction of sp³-hybridized carbons (Fsp3) is 0.361. The van der Waals surface area contributed by atoms with Gasteiger partial charge in [0.05, 0.1) is 76.6 Å². The van der Waals surface area contributed by atoms with E-state index in [0.717, 1.165) is 101 Å². The van der Waals surface area contributed by atoms with Crippen molar-refractivity contribution in [3.05, 3.63) is 145 Å². The number of anilines is 2. The van der Waals surface area contributed by atoms with Gasteiger partial charge in [-0.25, -0.2) is 19.9 Å². The molecule has 470 valence electrons. The zero-order valence-corrected chi connectivity index (χ0v) is 52.5. The number of benzene rings is 4. The van der Waals surface area contributed by atoms with Crippen molar-refractivity contribution in [2.24, 2.45) is 14.1 Å². The van der Waals surface area contributed by atoms with E-state index in [1.165, 1.54) is 35.2 Å². The third-order valence-electron chi connectivity index (χ3n) is 12.9. The van der Waals surface area contributed by atoms with Gasteiger partial charge in [-0.1, -0.05) is 10.2 Å². The number of hydrogen-bond acceptors (Lipinski definition) is 22. The van der Waals surface area contributed by atoms with Crippen LogP contribution in [0.2, 0.25) is 0 Å².